The number of hydrogen-bond donors (Lipinski definition) is 0. The van der Waals surface area contributed by atoms with Crippen molar-refractivity contribution in [1.82, 2.24) is 4.90 Å². The summed E-state index contributed by atoms with van der Waals surface area (Å²) in [5.41, 5.74) is 0. The molecule has 4 heteroatoms. The number of nitrogens with zero attached hydrogens (tertiary/aromatic N) is 1. The molecular formula is C14H20ClNOS. The number of thiophene rings is 1. The van der Waals surface area contributed by atoms with Crippen LogP contribution in [-0.2, 0) is 11.2 Å². The maximum absolute atomic E-state index is 12.3. The van der Waals surface area contributed by atoms with E-state index in [0.29, 0.717) is 0 Å². The number of rotatable bonds is 3. The van der Waals surface area contributed by atoms with Crippen molar-refractivity contribution in [2.45, 2.75) is 44.4 Å². The van der Waals surface area contributed by atoms with E-state index < -0.39 is 5.38 Å². The Morgan fingerprint density at radius 2 is 2.00 bits per heavy atom. The molecule has 0 aromatic carbocycles. The smallest absolute Gasteiger partial charge is 0.246 e. The fourth-order valence-corrected chi connectivity index (χ4v) is 3.56. The number of likely N-dealkylation sites (tertiary alicyclic amines) is 1. The van der Waals surface area contributed by atoms with Crippen molar-refractivity contribution in [2.24, 2.45) is 0 Å². The summed E-state index contributed by atoms with van der Waals surface area (Å²) in [7, 11) is 0. The van der Waals surface area contributed by atoms with Gasteiger partial charge in [0.2, 0.25) is 5.91 Å². The van der Waals surface area contributed by atoms with Crippen LogP contribution in [0.2, 0.25) is 0 Å². The van der Waals surface area contributed by atoms with Crippen molar-refractivity contribution < 1.29 is 4.79 Å². The molecule has 1 aromatic rings. The van der Waals surface area contributed by atoms with Crippen LogP contribution >= 0.6 is 22.9 Å². The Balaban J connectivity index is 2.02. The van der Waals surface area contributed by atoms with Crippen LogP contribution in [-0.4, -0.2) is 23.9 Å². The molecule has 1 unspecified atom stereocenters. The zero-order chi connectivity index (χ0) is 13.0. The van der Waals surface area contributed by atoms with Crippen LogP contribution < -0.4 is 0 Å². The molecule has 2 rings (SSSR count). The maximum atomic E-state index is 12.3. The van der Waals surface area contributed by atoms with Crippen molar-refractivity contribution >= 4 is 28.8 Å². The molecule has 1 aliphatic rings. The molecule has 1 fully saturated rings. The predicted molar refractivity (Wildman–Crippen MR) is 77.3 cm³/mol. The van der Waals surface area contributed by atoms with Crippen LogP contribution in [0.25, 0.3) is 0 Å². The highest BCUT2D eigenvalue weighted by atomic mass is 35.5. The molecule has 0 aliphatic carbocycles. The maximum Gasteiger partial charge on any atom is 0.246 e. The number of hydrogen-bond acceptors (Lipinski definition) is 2. The molecule has 1 saturated heterocycles. The summed E-state index contributed by atoms with van der Waals surface area (Å²) >= 11 is 7.99. The van der Waals surface area contributed by atoms with Gasteiger partial charge in [-0.05, 0) is 31.4 Å². The van der Waals surface area contributed by atoms with Gasteiger partial charge in [-0.15, -0.1) is 22.9 Å². The lowest BCUT2D eigenvalue weighted by Gasteiger charge is -2.22. The number of amides is 1. The van der Waals surface area contributed by atoms with Crippen LogP contribution in [0.15, 0.2) is 12.1 Å². The Morgan fingerprint density at radius 3 is 2.56 bits per heavy atom. The van der Waals surface area contributed by atoms with Crippen molar-refractivity contribution in [3.63, 3.8) is 0 Å². The number of halogens is 1. The monoisotopic (exact) mass is 285 g/mol. The van der Waals surface area contributed by atoms with E-state index in [0.717, 1.165) is 37.2 Å². The van der Waals surface area contributed by atoms with Crippen LogP contribution in [0.1, 0.15) is 47.7 Å². The first-order valence-corrected chi connectivity index (χ1v) is 7.99. The summed E-state index contributed by atoms with van der Waals surface area (Å²) in [6.07, 6.45) is 5.69. The second kappa shape index (κ2) is 6.58. The molecule has 1 aliphatic heterocycles. The van der Waals surface area contributed by atoms with Gasteiger partial charge in [-0.2, -0.15) is 0 Å². The van der Waals surface area contributed by atoms with E-state index in [1.165, 1.54) is 17.7 Å². The van der Waals surface area contributed by atoms with E-state index in [4.69, 9.17) is 11.6 Å². The summed E-state index contributed by atoms with van der Waals surface area (Å²) in [6, 6.07) is 4.07. The van der Waals surface area contributed by atoms with E-state index in [1.807, 2.05) is 11.0 Å². The third-order valence-corrected chi connectivity index (χ3v) is 5.26. The largest absolute Gasteiger partial charge is 0.341 e. The molecule has 1 aromatic heterocycles. The Morgan fingerprint density at radius 1 is 1.33 bits per heavy atom. The van der Waals surface area contributed by atoms with Gasteiger partial charge in [-0.1, -0.05) is 19.8 Å². The van der Waals surface area contributed by atoms with Crippen LogP contribution in [0.5, 0.6) is 0 Å². The van der Waals surface area contributed by atoms with Crippen molar-refractivity contribution in [1.29, 1.82) is 0 Å². The molecule has 0 bridgehead atoms. The first-order valence-electron chi connectivity index (χ1n) is 6.74. The molecule has 0 spiro atoms. The minimum absolute atomic E-state index is 0.0862. The molecule has 0 N–H and O–H groups in total. The van der Waals surface area contributed by atoms with Gasteiger partial charge in [0.15, 0.2) is 0 Å². The van der Waals surface area contributed by atoms with E-state index >= 15 is 0 Å². The minimum atomic E-state index is -0.492. The fourth-order valence-electron chi connectivity index (χ4n) is 2.29. The van der Waals surface area contributed by atoms with Crippen LogP contribution in [0, 0.1) is 0 Å². The Labute approximate surface area is 118 Å². The van der Waals surface area contributed by atoms with Crippen LogP contribution in [0.3, 0.4) is 0 Å². The summed E-state index contributed by atoms with van der Waals surface area (Å²) < 4.78 is 0. The highest BCUT2D eigenvalue weighted by molar-refractivity contribution is 7.12. The lowest BCUT2D eigenvalue weighted by atomic mass is 10.2. The highest BCUT2D eigenvalue weighted by Gasteiger charge is 2.25. The van der Waals surface area contributed by atoms with E-state index in [2.05, 4.69) is 13.0 Å². The predicted octanol–water partition coefficient (Wildman–Crippen LogP) is 3.99. The highest BCUT2D eigenvalue weighted by Crippen LogP contribution is 2.30. The molecule has 0 radical (unpaired) electrons. The summed E-state index contributed by atoms with van der Waals surface area (Å²) in [4.78, 5) is 16.6. The molecule has 100 valence electrons. The third-order valence-electron chi connectivity index (χ3n) is 3.42. The van der Waals surface area contributed by atoms with Gasteiger partial charge in [-0.25, -0.2) is 0 Å². The summed E-state index contributed by atoms with van der Waals surface area (Å²) in [5.74, 6) is 0.0862. The van der Waals surface area contributed by atoms with E-state index in [9.17, 15) is 4.79 Å². The number of aryl methyl sites for hydroxylation is 1. The molecule has 1 atom stereocenters. The molecule has 2 heterocycles. The van der Waals surface area contributed by atoms with Gasteiger partial charge >= 0.3 is 0 Å². The average molecular weight is 286 g/mol. The average Bonchev–Trinajstić information content (AvgIpc) is 2.71. The molecular weight excluding hydrogens is 266 g/mol. The Bertz CT molecular complexity index is 396. The van der Waals surface area contributed by atoms with Gasteiger partial charge in [-0.3, -0.25) is 4.79 Å². The Hall–Kier alpha value is -0.540. The van der Waals surface area contributed by atoms with Crippen molar-refractivity contribution in [3.05, 3.63) is 21.9 Å². The summed E-state index contributed by atoms with van der Waals surface area (Å²) in [5, 5.41) is -0.492. The van der Waals surface area contributed by atoms with Crippen molar-refractivity contribution in [3.8, 4) is 0 Å². The topological polar surface area (TPSA) is 20.3 Å². The Kier molecular flexibility index (Phi) is 5.07. The van der Waals surface area contributed by atoms with E-state index in [1.54, 1.807) is 11.3 Å². The van der Waals surface area contributed by atoms with Gasteiger partial charge in [0, 0.05) is 22.8 Å². The third kappa shape index (κ3) is 3.27. The normalized spacial score (nSPS) is 18.4. The van der Waals surface area contributed by atoms with Gasteiger partial charge in [0.05, 0.1) is 0 Å². The van der Waals surface area contributed by atoms with E-state index in [-0.39, 0.29) is 5.91 Å². The molecule has 2 nitrogen and oxygen atoms in total. The first kappa shape index (κ1) is 13.9. The molecule has 0 saturated carbocycles. The van der Waals surface area contributed by atoms with Gasteiger partial charge in [0.25, 0.3) is 0 Å². The fraction of sp³-hybridized carbons (Fsp3) is 0.643. The second-order valence-electron chi connectivity index (χ2n) is 4.76. The minimum Gasteiger partial charge on any atom is -0.341 e. The zero-order valence-electron chi connectivity index (χ0n) is 10.8. The SMILES string of the molecule is CCc1ccc(C(Cl)C(=O)N2CCCCCC2)s1. The number of carbonyl (C=O) groups excluding carboxylic acids is 1. The van der Waals surface area contributed by atoms with Gasteiger partial charge in [0.1, 0.15) is 5.38 Å². The molecule has 1 amide bonds. The zero-order valence-corrected chi connectivity index (χ0v) is 12.4. The van der Waals surface area contributed by atoms with Gasteiger partial charge < -0.3 is 4.90 Å². The lowest BCUT2D eigenvalue weighted by Crippen LogP contribution is -2.34. The van der Waals surface area contributed by atoms with Crippen molar-refractivity contribution in [2.75, 3.05) is 13.1 Å². The second-order valence-corrected chi connectivity index (χ2v) is 6.40. The summed E-state index contributed by atoms with van der Waals surface area (Å²) in [6.45, 7) is 3.86. The molecule has 18 heavy (non-hydrogen) atoms. The standard InChI is InChI=1S/C14H20ClNOS/c1-2-11-7-8-12(18-11)13(15)14(17)16-9-5-3-4-6-10-16/h7-8,13H,2-6,9-10H2,1H3. The van der Waals surface area contributed by atoms with Crippen LogP contribution in [0.4, 0.5) is 0 Å². The quantitative estimate of drug-likeness (QED) is 0.769. The number of alkyl halides is 1. The number of carbonyl (C=O) groups is 1. The lowest BCUT2D eigenvalue weighted by molar-refractivity contribution is -0.130. The first-order chi connectivity index (χ1) is 8.72.